The molecule has 0 spiro atoms. The van der Waals surface area contributed by atoms with Crippen LogP contribution in [0.4, 0.5) is 0 Å². The predicted octanol–water partition coefficient (Wildman–Crippen LogP) is 2.64. The van der Waals surface area contributed by atoms with Crippen molar-refractivity contribution in [3.05, 3.63) is 28.2 Å². The van der Waals surface area contributed by atoms with Gasteiger partial charge in [0, 0.05) is 17.6 Å². The van der Waals surface area contributed by atoms with Gasteiger partial charge in [0.25, 0.3) is 5.91 Å². The number of rotatable bonds is 8. The maximum atomic E-state index is 12.9. The molecule has 0 radical (unpaired) electrons. The number of thiocarbonyl (C=S) groups is 1. The van der Waals surface area contributed by atoms with Gasteiger partial charge in [0.05, 0.1) is 25.2 Å². The van der Waals surface area contributed by atoms with Crippen LogP contribution in [0.2, 0.25) is 0 Å². The van der Waals surface area contributed by atoms with Gasteiger partial charge in [-0.3, -0.25) is 19.7 Å². The fourth-order valence-corrected chi connectivity index (χ4v) is 3.56. The summed E-state index contributed by atoms with van der Waals surface area (Å²) >= 11 is 8.77. The van der Waals surface area contributed by atoms with Crippen LogP contribution in [0.15, 0.2) is 22.7 Å². The highest BCUT2D eigenvalue weighted by atomic mass is 79.9. The maximum absolute atomic E-state index is 12.9. The molecule has 31 heavy (non-hydrogen) atoms. The Balaban J connectivity index is 2.11. The Morgan fingerprint density at radius 1 is 1.39 bits per heavy atom. The van der Waals surface area contributed by atoms with E-state index in [0.717, 1.165) is 10.9 Å². The zero-order chi connectivity index (χ0) is 23.0. The number of nitrogens with zero attached hydrogens (tertiary/aromatic N) is 1. The number of ether oxygens (including phenoxy) is 2. The standard InChI is InChI=1S/C21H28BrN3O5S/c1-4-9-29-17-6-5-14(22)10-15(17)19(27)24-21(31)25-8-7-23-20(28)16(25)11-18(26)30-12-13(2)3/h5-6,10,13,16H,4,7-9,11-12H2,1-3H3,(H,23,28)(H,24,27,31). The molecule has 0 saturated carbocycles. The predicted molar refractivity (Wildman–Crippen MR) is 124 cm³/mol. The molecule has 2 amide bonds. The highest BCUT2D eigenvalue weighted by Gasteiger charge is 2.34. The van der Waals surface area contributed by atoms with Gasteiger partial charge < -0.3 is 19.7 Å². The molecular weight excluding hydrogens is 486 g/mol. The summed E-state index contributed by atoms with van der Waals surface area (Å²) in [5.41, 5.74) is 0.319. The van der Waals surface area contributed by atoms with Crippen molar-refractivity contribution in [2.75, 3.05) is 26.3 Å². The Labute approximate surface area is 196 Å². The molecule has 0 aromatic heterocycles. The van der Waals surface area contributed by atoms with Crippen LogP contribution in [0, 0.1) is 5.92 Å². The molecule has 0 bridgehead atoms. The first-order chi connectivity index (χ1) is 14.7. The molecule has 1 aromatic rings. The third-order valence-corrected chi connectivity index (χ3v) is 5.23. The topological polar surface area (TPSA) is 97.0 Å². The van der Waals surface area contributed by atoms with E-state index in [2.05, 4.69) is 26.6 Å². The highest BCUT2D eigenvalue weighted by Crippen LogP contribution is 2.24. The molecule has 8 nitrogen and oxygen atoms in total. The summed E-state index contributed by atoms with van der Waals surface area (Å²) in [6.07, 6.45) is 0.642. The lowest BCUT2D eigenvalue weighted by Gasteiger charge is -2.36. The Bertz CT molecular complexity index is 833. The minimum absolute atomic E-state index is 0.0722. The molecule has 1 heterocycles. The molecule has 1 fully saturated rings. The second kappa shape index (κ2) is 12.0. The number of hydrogen-bond donors (Lipinski definition) is 2. The van der Waals surface area contributed by atoms with Gasteiger partial charge in [-0.2, -0.15) is 0 Å². The summed E-state index contributed by atoms with van der Waals surface area (Å²) < 4.78 is 11.6. The molecule has 2 rings (SSSR count). The third-order valence-electron chi connectivity index (χ3n) is 4.40. The van der Waals surface area contributed by atoms with E-state index in [-0.39, 0.29) is 30.0 Å². The molecule has 1 aliphatic heterocycles. The highest BCUT2D eigenvalue weighted by molar-refractivity contribution is 9.10. The van der Waals surface area contributed by atoms with Crippen molar-refractivity contribution >= 4 is 51.0 Å². The molecule has 170 valence electrons. The Morgan fingerprint density at radius 2 is 2.13 bits per heavy atom. The number of esters is 1. The van der Waals surface area contributed by atoms with E-state index >= 15 is 0 Å². The van der Waals surface area contributed by atoms with Gasteiger partial charge in [-0.25, -0.2) is 0 Å². The summed E-state index contributed by atoms with van der Waals surface area (Å²) in [4.78, 5) is 39.0. The largest absolute Gasteiger partial charge is 0.493 e. The molecule has 1 unspecified atom stereocenters. The van der Waals surface area contributed by atoms with Crippen LogP contribution >= 0.6 is 28.1 Å². The summed E-state index contributed by atoms with van der Waals surface area (Å²) in [5, 5.41) is 5.47. The van der Waals surface area contributed by atoms with Gasteiger partial charge in [-0.15, -0.1) is 0 Å². The molecule has 1 aliphatic rings. The Morgan fingerprint density at radius 3 is 2.81 bits per heavy atom. The van der Waals surface area contributed by atoms with Crippen molar-refractivity contribution in [2.24, 2.45) is 5.92 Å². The normalized spacial score (nSPS) is 16.0. The van der Waals surface area contributed by atoms with E-state index < -0.39 is 17.9 Å². The van der Waals surface area contributed by atoms with E-state index in [0.29, 0.717) is 31.0 Å². The first-order valence-electron chi connectivity index (χ1n) is 10.2. The van der Waals surface area contributed by atoms with Crippen molar-refractivity contribution in [3.63, 3.8) is 0 Å². The summed E-state index contributed by atoms with van der Waals surface area (Å²) in [7, 11) is 0. The van der Waals surface area contributed by atoms with E-state index in [9.17, 15) is 14.4 Å². The van der Waals surface area contributed by atoms with Crippen LogP contribution in [0.5, 0.6) is 5.75 Å². The van der Waals surface area contributed by atoms with Gasteiger partial charge in [-0.1, -0.05) is 36.7 Å². The summed E-state index contributed by atoms with van der Waals surface area (Å²) in [5.74, 6) is -0.647. The first kappa shape index (κ1) is 25.1. The van der Waals surface area contributed by atoms with Gasteiger partial charge in [0.1, 0.15) is 11.8 Å². The van der Waals surface area contributed by atoms with Crippen LogP contribution in [0.25, 0.3) is 0 Å². The number of amides is 2. The molecule has 1 aromatic carbocycles. The fourth-order valence-electron chi connectivity index (χ4n) is 2.89. The second-order valence-corrected chi connectivity index (χ2v) is 8.83. The van der Waals surface area contributed by atoms with Crippen molar-refractivity contribution in [1.82, 2.24) is 15.5 Å². The second-order valence-electron chi connectivity index (χ2n) is 7.53. The van der Waals surface area contributed by atoms with Crippen LogP contribution in [0.1, 0.15) is 44.0 Å². The molecule has 2 N–H and O–H groups in total. The third kappa shape index (κ3) is 7.46. The lowest BCUT2D eigenvalue weighted by Crippen LogP contribution is -2.60. The number of carbonyl (C=O) groups excluding carboxylic acids is 3. The number of hydrogen-bond acceptors (Lipinski definition) is 6. The van der Waals surface area contributed by atoms with E-state index in [1.165, 1.54) is 0 Å². The van der Waals surface area contributed by atoms with Crippen molar-refractivity contribution in [2.45, 2.75) is 39.7 Å². The van der Waals surface area contributed by atoms with Gasteiger partial charge in [-0.05, 0) is 42.8 Å². The number of halogens is 1. The van der Waals surface area contributed by atoms with Crippen LogP contribution in [-0.2, 0) is 14.3 Å². The van der Waals surface area contributed by atoms with Crippen LogP contribution in [-0.4, -0.2) is 60.1 Å². The van der Waals surface area contributed by atoms with Crippen molar-refractivity contribution in [1.29, 1.82) is 0 Å². The van der Waals surface area contributed by atoms with Crippen molar-refractivity contribution < 1.29 is 23.9 Å². The lowest BCUT2D eigenvalue weighted by atomic mass is 10.1. The van der Waals surface area contributed by atoms with Crippen LogP contribution in [0.3, 0.4) is 0 Å². The summed E-state index contributed by atoms with van der Waals surface area (Å²) in [6, 6.07) is 4.29. The number of benzene rings is 1. The minimum atomic E-state index is -0.848. The summed E-state index contributed by atoms with van der Waals surface area (Å²) in [6.45, 7) is 7.30. The minimum Gasteiger partial charge on any atom is -0.493 e. The van der Waals surface area contributed by atoms with E-state index in [4.69, 9.17) is 21.7 Å². The average Bonchev–Trinajstić information content (AvgIpc) is 2.72. The number of nitrogens with one attached hydrogen (secondary N) is 2. The Hall–Kier alpha value is -2.20. The van der Waals surface area contributed by atoms with E-state index in [1.54, 1.807) is 23.1 Å². The van der Waals surface area contributed by atoms with Crippen LogP contribution < -0.4 is 15.4 Å². The maximum Gasteiger partial charge on any atom is 0.308 e. The van der Waals surface area contributed by atoms with Gasteiger partial charge in [0.2, 0.25) is 5.91 Å². The number of carbonyl (C=O) groups is 3. The van der Waals surface area contributed by atoms with Gasteiger partial charge >= 0.3 is 5.97 Å². The monoisotopic (exact) mass is 513 g/mol. The van der Waals surface area contributed by atoms with E-state index in [1.807, 2.05) is 20.8 Å². The van der Waals surface area contributed by atoms with Crippen molar-refractivity contribution in [3.8, 4) is 5.75 Å². The number of piperazine rings is 1. The smallest absolute Gasteiger partial charge is 0.308 e. The first-order valence-corrected chi connectivity index (χ1v) is 11.4. The molecule has 1 saturated heterocycles. The zero-order valence-corrected chi connectivity index (χ0v) is 20.3. The Kier molecular flexibility index (Phi) is 9.70. The zero-order valence-electron chi connectivity index (χ0n) is 17.9. The molecule has 1 atom stereocenters. The lowest BCUT2D eigenvalue weighted by molar-refractivity contribution is -0.148. The molecule has 10 heteroatoms. The SMILES string of the molecule is CCCOc1ccc(Br)cc1C(=O)NC(=S)N1CCNC(=O)C1CC(=O)OCC(C)C. The fraction of sp³-hybridized carbons (Fsp3) is 0.524. The average molecular weight is 514 g/mol. The molecule has 0 aliphatic carbocycles. The quantitative estimate of drug-likeness (QED) is 0.407. The molecular formula is C21H28BrN3O5S. The van der Waals surface area contributed by atoms with Gasteiger partial charge in [0.15, 0.2) is 5.11 Å².